The van der Waals surface area contributed by atoms with E-state index in [9.17, 15) is 38.6 Å². The Balaban J connectivity index is -0.000000153. The Hall–Kier alpha value is 2.91. The number of phosphoric acid groups is 2. The molecule has 0 fully saturated rings. The van der Waals surface area contributed by atoms with Gasteiger partial charge < -0.3 is 42.9 Å². The maximum absolute atomic E-state index is 11.1. The third-order valence-corrected chi connectivity index (χ3v) is 4.44. The molecule has 0 heterocycles. The van der Waals surface area contributed by atoms with E-state index in [1.807, 2.05) is 60.7 Å². The Labute approximate surface area is 297 Å². The second-order valence-electron chi connectivity index (χ2n) is 5.01. The average molecular weight is 526 g/mol. The third kappa shape index (κ3) is 24.6. The van der Waals surface area contributed by atoms with Gasteiger partial charge in [0.05, 0.1) is 21.6 Å². The van der Waals surface area contributed by atoms with Crippen LogP contribution in [0.2, 0.25) is 0 Å². The summed E-state index contributed by atoms with van der Waals surface area (Å²) in [4.78, 5) is 48.4. The van der Waals surface area contributed by atoms with Crippen molar-refractivity contribution in [2.75, 3.05) is 0 Å². The molecule has 0 bridgehead atoms. The molecule has 2 rings (SSSR count). The molecule has 0 saturated carbocycles. The van der Waals surface area contributed by atoms with Crippen LogP contribution in [0, 0.1) is 0 Å². The van der Waals surface area contributed by atoms with Gasteiger partial charge in [-0.1, -0.05) is 60.7 Å². The topological polar surface area (TPSA) is 176 Å². The molecule has 146 valence electrons. The summed E-state index contributed by atoms with van der Waals surface area (Å²) >= 11 is 0. The molecule has 9 nitrogen and oxygen atoms in total. The van der Waals surface area contributed by atoms with Crippen LogP contribution in [0.25, 0.3) is 6.08 Å². The number of aliphatic carboxylic acids is 1. The fourth-order valence-corrected chi connectivity index (χ4v) is 2.85. The Morgan fingerprint density at radius 3 is 1.44 bits per heavy atom. The molecule has 0 amide bonds. The van der Waals surface area contributed by atoms with Crippen LogP contribution in [0.5, 0.6) is 0 Å². The summed E-state index contributed by atoms with van der Waals surface area (Å²) in [6.45, 7) is 0. The Morgan fingerprint density at radius 1 is 0.750 bits per heavy atom. The average Bonchev–Trinajstić information content (AvgIpc) is 2.53. The molecule has 0 radical (unpaired) electrons. The van der Waals surface area contributed by atoms with Gasteiger partial charge in [0.25, 0.3) is 0 Å². The van der Waals surface area contributed by atoms with Crippen LogP contribution >= 0.6 is 15.6 Å². The van der Waals surface area contributed by atoms with Gasteiger partial charge in [-0.3, -0.25) is 0 Å². The van der Waals surface area contributed by atoms with Gasteiger partial charge in [-0.2, -0.15) is 0 Å². The fraction of sp³-hybridized carbons (Fsp3) is 0.0625. The largest absolute Gasteiger partial charge is 1.00 e. The quantitative estimate of drug-likeness (QED) is 0.201. The molecule has 0 atom stereocenters. The molecule has 0 aromatic heterocycles. The zero-order chi connectivity index (χ0) is 20.5. The zero-order valence-corrected chi connectivity index (χ0v) is 30.4. The molecular weight excluding hydrogens is 513 g/mol. The van der Waals surface area contributed by atoms with Crippen molar-refractivity contribution >= 4 is 27.7 Å². The molecule has 2 aromatic rings. The van der Waals surface area contributed by atoms with Crippen molar-refractivity contribution in [3.63, 3.8) is 0 Å². The zero-order valence-electron chi connectivity index (χ0n) is 18.6. The first kappa shape index (κ1) is 44.9. The van der Waals surface area contributed by atoms with Crippen LogP contribution in [-0.4, -0.2) is 5.97 Å². The van der Waals surface area contributed by atoms with Crippen molar-refractivity contribution in [3.05, 3.63) is 77.4 Å². The number of rotatable bonds is 6. The summed E-state index contributed by atoms with van der Waals surface area (Å²) in [5, 5.41) is 11.1. The van der Waals surface area contributed by atoms with E-state index >= 15 is 0 Å². The monoisotopic (exact) mass is 526 g/mol. The number of carbonyl (C=O) groups is 1. The molecule has 0 aliphatic heterocycles. The molecule has 0 aliphatic carbocycles. The molecule has 0 N–H and O–H groups in total. The molecule has 16 heteroatoms. The van der Waals surface area contributed by atoms with Gasteiger partial charge in [0.15, 0.2) is 0 Å². The SMILES string of the molecule is O=C([O-])C(=Cc1ccccc1)Cc1ccccc1.O=P([O-])([O-])OP(=O)([O-])[O-].[Na+].[Na+].[Na+].[Na+].[Na+]. The predicted molar refractivity (Wildman–Crippen MR) is 85.9 cm³/mol. The van der Waals surface area contributed by atoms with Gasteiger partial charge in [0, 0.05) is 0 Å². The van der Waals surface area contributed by atoms with Crippen molar-refractivity contribution < 1.29 is 191 Å². The molecule has 2 aromatic carbocycles. The normalized spacial score (nSPS) is 10.2. The predicted octanol–water partition coefficient (Wildman–Crippen LogP) is -16.3. The van der Waals surface area contributed by atoms with Gasteiger partial charge in [-0.15, -0.1) is 0 Å². The summed E-state index contributed by atoms with van der Waals surface area (Å²) < 4.78 is 21.2. The summed E-state index contributed by atoms with van der Waals surface area (Å²) in [6, 6.07) is 18.9. The van der Waals surface area contributed by atoms with Crippen molar-refractivity contribution in [1.82, 2.24) is 0 Å². The first-order chi connectivity index (χ1) is 12.5. The number of carboxylic acid groups (broad SMARTS) is 1. The second-order valence-corrected chi connectivity index (χ2v) is 7.45. The standard InChI is InChI=1S/C16H14O2.5Na.H4O7P2/c17-16(18)15(11-13-7-3-1-4-8-13)12-14-9-5-2-6-10-14;;;;;;1-8(2,3)7-9(4,5)6/h1-11H,12H2,(H,17,18);;;;;;(H2,1,2,3)(H2,4,5,6)/q;5*+1;/p-5. The minimum Gasteiger partial charge on any atom is -0.790 e. The molecule has 0 unspecified atom stereocenters. The van der Waals surface area contributed by atoms with Gasteiger partial charge in [-0.05, 0) is 29.2 Å². The maximum atomic E-state index is 11.1. The smallest absolute Gasteiger partial charge is 0.790 e. The van der Waals surface area contributed by atoms with Gasteiger partial charge in [0.1, 0.15) is 0 Å². The van der Waals surface area contributed by atoms with Crippen LogP contribution in [-0.2, 0) is 24.7 Å². The molecule has 0 spiro atoms. The van der Waals surface area contributed by atoms with E-state index in [1.54, 1.807) is 6.08 Å². The van der Waals surface area contributed by atoms with E-state index in [2.05, 4.69) is 4.31 Å². The summed E-state index contributed by atoms with van der Waals surface area (Å²) in [5.74, 6) is -1.12. The van der Waals surface area contributed by atoms with Crippen LogP contribution in [0.4, 0.5) is 0 Å². The van der Waals surface area contributed by atoms with Crippen molar-refractivity contribution in [2.24, 2.45) is 0 Å². The van der Waals surface area contributed by atoms with E-state index < -0.39 is 21.6 Å². The van der Waals surface area contributed by atoms with Gasteiger partial charge in [-0.25, -0.2) is 0 Å². The van der Waals surface area contributed by atoms with Crippen LogP contribution < -0.4 is 172 Å². The Morgan fingerprint density at radius 2 is 1.12 bits per heavy atom. The van der Waals surface area contributed by atoms with Gasteiger partial charge >= 0.3 is 148 Å². The Bertz CT molecular complexity index is 854. The molecule has 0 saturated heterocycles. The van der Waals surface area contributed by atoms with Crippen LogP contribution in [0.3, 0.4) is 0 Å². The van der Waals surface area contributed by atoms with Crippen LogP contribution in [0.1, 0.15) is 11.1 Å². The molecular formula is C16H13Na5O9P2. The maximum Gasteiger partial charge on any atom is 1.00 e. The summed E-state index contributed by atoms with van der Waals surface area (Å²) in [7, 11) is -11.4. The van der Waals surface area contributed by atoms with Crippen molar-refractivity contribution in [1.29, 1.82) is 0 Å². The van der Waals surface area contributed by atoms with E-state index in [0.29, 0.717) is 6.42 Å². The van der Waals surface area contributed by atoms with E-state index in [4.69, 9.17) is 0 Å². The second kappa shape index (κ2) is 23.1. The number of hydrogen-bond donors (Lipinski definition) is 0. The van der Waals surface area contributed by atoms with E-state index in [-0.39, 0.29) is 153 Å². The number of hydrogen-bond acceptors (Lipinski definition) is 9. The summed E-state index contributed by atoms with van der Waals surface area (Å²) in [6.07, 6.45) is 2.03. The molecule has 0 aliphatic rings. The first-order valence-electron chi connectivity index (χ1n) is 7.22. The summed E-state index contributed by atoms with van der Waals surface area (Å²) in [5.41, 5.74) is 2.11. The third-order valence-electron chi connectivity index (χ3n) is 2.84. The minimum absolute atomic E-state index is 0. The first-order valence-corrected chi connectivity index (χ1v) is 10.1. The van der Waals surface area contributed by atoms with Crippen LogP contribution in [0.15, 0.2) is 66.2 Å². The molecule has 32 heavy (non-hydrogen) atoms. The van der Waals surface area contributed by atoms with E-state index in [1.165, 1.54) is 0 Å². The van der Waals surface area contributed by atoms with Crippen molar-refractivity contribution in [2.45, 2.75) is 6.42 Å². The fourth-order valence-electron chi connectivity index (χ4n) is 1.87. The minimum atomic E-state index is -5.68. The van der Waals surface area contributed by atoms with Gasteiger partial charge in [0.2, 0.25) is 0 Å². The number of benzene rings is 2. The van der Waals surface area contributed by atoms with E-state index in [0.717, 1.165) is 11.1 Å². The number of carboxylic acids is 1. The number of carbonyl (C=O) groups excluding carboxylic acids is 1. The van der Waals surface area contributed by atoms with Crippen molar-refractivity contribution in [3.8, 4) is 0 Å². The Kier molecular flexibility index (Phi) is 32.3.